The van der Waals surface area contributed by atoms with Gasteiger partial charge in [0.05, 0.1) is 17.4 Å². The summed E-state index contributed by atoms with van der Waals surface area (Å²) >= 11 is 0. The van der Waals surface area contributed by atoms with Crippen molar-refractivity contribution in [2.75, 3.05) is 50.8 Å². The summed E-state index contributed by atoms with van der Waals surface area (Å²) in [4.78, 5) is 17.1. The maximum absolute atomic E-state index is 16.3. The number of H-pyrrole nitrogens is 1. The van der Waals surface area contributed by atoms with Crippen LogP contribution in [0.5, 0.6) is 0 Å². The van der Waals surface area contributed by atoms with Crippen LogP contribution < -0.4 is 4.90 Å². The highest BCUT2D eigenvalue weighted by Crippen LogP contribution is 2.40. The molecule has 2 aliphatic rings. The van der Waals surface area contributed by atoms with Crippen LogP contribution in [-0.2, 0) is 4.74 Å². The van der Waals surface area contributed by atoms with Gasteiger partial charge in [-0.2, -0.15) is 5.10 Å². The van der Waals surface area contributed by atoms with E-state index in [1.165, 1.54) is 0 Å². The Morgan fingerprint density at radius 1 is 1.08 bits per heavy atom. The van der Waals surface area contributed by atoms with Gasteiger partial charge in [-0.25, -0.2) is 18.9 Å². The molecular weight excluding hydrogens is 469 g/mol. The van der Waals surface area contributed by atoms with Crippen molar-refractivity contribution < 1.29 is 9.13 Å². The van der Waals surface area contributed by atoms with Gasteiger partial charge in [0.15, 0.2) is 17.3 Å². The van der Waals surface area contributed by atoms with Crippen LogP contribution in [0.25, 0.3) is 27.8 Å². The Morgan fingerprint density at radius 2 is 1.84 bits per heavy atom. The molecule has 0 atom stereocenters. The summed E-state index contributed by atoms with van der Waals surface area (Å²) in [6.45, 7) is 14.7. The molecule has 0 saturated carbocycles. The topological polar surface area (TPSA) is 74.6 Å². The van der Waals surface area contributed by atoms with Crippen LogP contribution >= 0.6 is 0 Å². The summed E-state index contributed by atoms with van der Waals surface area (Å²) < 4.78 is 23.6. The standard InChI is InChI=1S/C28H36FN7O/c1-17(2)23-24-22(33-26(23)21-15-36-27(31-16-32-36)19(4)18(21)3)13-30-28(25(24)29)35-9-7-34(8-10-35)14-20-5-11-37-12-6-20/h13,15-17,20,33H,5-12,14H2,1-4H3. The molecule has 4 aromatic heterocycles. The van der Waals surface area contributed by atoms with E-state index in [4.69, 9.17) is 4.74 Å². The summed E-state index contributed by atoms with van der Waals surface area (Å²) in [6.07, 6.45) is 7.64. The number of ether oxygens (including phenoxy) is 1. The number of nitrogens with zero attached hydrogens (tertiary/aromatic N) is 6. The van der Waals surface area contributed by atoms with Gasteiger partial charge in [-0.1, -0.05) is 13.8 Å². The summed E-state index contributed by atoms with van der Waals surface area (Å²) in [5, 5.41) is 5.01. The number of halogens is 1. The maximum atomic E-state index is 16.3. The van der Waals surface area contributed by atoms with Gasteiger partial charge in [-0.3, -0.25) is 4.90 Å². The molecule has 2 saturated heterocycles. The Labute approximate surface area is 216 Å². The predicted molar refractivity (Wildman–Crippen MR) is 144 cm³/mol. The molecule has 0 radical (unpaired) electrons. The zero-order chi connectivity index (χ0) is 25.7. The SMILES string of the molecule is Cc1c(-c2[nH]c3cnc(N4CCN(CC5CCOCC5)CC4)c(F)c3c2C(C)C)cn2ncnc2c1C. The molecule has 0 bridgehead atoms. The highest BCUT2D eigenvalue weighted by atomic mass is 19.1. The van der Waals surface area contributed by atoms with Crippen molar-refractivity contribution in [3.63, 3.8) is 0 Å². The van der Waals surface area contributed by atoms with E-state index in [-0.39, 0.29) is 11.7 Å². The number of hydrogen-bond donors (Lipinski definition) is 1. The molecule has 37 heavy (non-hydrogen) atoms. The molecule has 4 aromatic rings. The summed E-state index contributed by atoms with van der Waals surface area (Å²) in [5.41, 5.74) is 6.68. The molecule has 0 spiro atoms. The molecule has 2 fully saturated rings. The highest BCUT2D eigenvalue weighted by Gasteiger charge is 2.28. The monoisotopic (exact) mass is 505 g/mol. The summed E-state index contributed by atoms with van der Waals surface area (Å²) in [5.74, 6) is 1.07. The minimum Gasteiger partial charge on any atom is -0.381 e. The first-order valence-corrected chi connectivity index (χ1v) is 13.5. The molecule has 9 heteroatoms. The number of fused-ring (bicyclic) bond motifs is 2. The molecule has 0 aliphatic carbocycles. The highest BCUT2D eigenvalue weighted by molar-refractivity contribution is 5.94. The van der Waals surface area contributed by atoms with Crippen molar-refractivity contribution in [1.29, 1.82) is 0 Å². The Bertz CT molecular complexity index is 1430. The van der Waals surface area contributed by atoms with Gasteiger partial charge in [0.1, 0.15) is 6.33 Å². The number of pyridine rings is 2. The van der Waals surface area contributed by atoms with E-state index in [1.807, 2.05) is 6.20 Å². The van der Waals surface area contributed by atoms with Crippen molar-refractivity contribution in [2.24, 2.45) is 5.92 Å². The third kappa shape index (κ3) is 4.28. The number of rotatable bonds is 5. The summed E-state index contributed by atoms with van der Waals surface area (Å²) in [7, 11) is 0. The zero-order valence-corrected chi connectivity index (χ0v) is 22.2. The number of piperazine rings is 1. The van der Waals surface area contributed by atoms with E-state index in [2.05, 4.69) is 57.5 Å². The molecule has 0 amide bonds. The van der Waals surface area contributed by atoms with Gasteiger partial charge in [0.2, 0.25) is 0 Å². The minimum absolute atomic E-state index is 0.121. The summed E-state index contributed by atoms with van der Waals surface area (Å²) in [6, 6.07) is 0. The van der Waals surface area contributed by atoms with Gasteiger partial charge in [0, 0.05) is 63.1 Å². The van der Waals surface area contributed by atoms with Crippen molar-refractivity contribution in [1.82, 2.24) is 29.5 Å². The number of aromatic amines is 1. The number of anilines is 1. The molecule has 196 valence electrons. The van der Waals surface area contributed by atoms with Crippen LogP contribution in [0.4, 0.5) is 10.2 Å². The lowest BCUT2D eigenvalue weighted by Gasteiger charge is -2.37. The average Bonchev–Trinajstić information content (AvgIpc) is 3.53. The van der Waals surface area contributed by atoms with E-state index in [1.54, 1.807) is 17.0 Å². The van der Waals surface area contributed by atoms with Crippen molar-refractivity contribution >= 4 is 22.4 Å². The van der Waals surface area contributed by atoms with Crippen LogP contribution in [0.1, 0.15) is 49.3 Å². The number of aromatic nitrogens is 5. The van der Waals surface area contributed by atoms with Gasteiger partial charge in [-0.15, -0.1) is 0 Å². The fourth-order valence-electron chi connectivity index (χ4n) is 6.06. The maximum Gasteiger partial charge on any atom is 0.175 e. The quantitative estimate of drug-likeness (QED) is 0.424. The van der Waals surface area contributed by atoms with Crippen LogP contribution in [-0.4, -0.2) is 75.4 Å². The third-order valence-electron chi connectivity index (χ3n) is 8.30. The van der Waals surface area contributed by atoms with E-state index in [9.17, 15) is 0 Å². The van der Waals surface area contributed by atoms with Crippen molar-refractivity contribution in [2.45, 2.75) is 46.5 Å². The normalized spacial score (nSPS) is 18.1. The van der Waals surface area contributed by atoms with Gasteiger partial charge >= 0.3 is 0 Å². The van der Waals surface area contributed by atoms with Crippen LogP contribution in [0.3, 0.4) is 0 Å². The zero-order valence-electron chi connectivity index (χ0n) is 22.2. The first-order chi connectivity index (χ1) is 17.9. The second-order valence-electron chi connectivity index (χ2n) is 10.9. The Morgan fingerprint density at radius 3 is 2.57 bits per heavy atom. The predicted octanol–water partition coefficient (Wildman–Crippen LogP) is 4.70. The lowest BCUT2D eigenvalue weighted by atomic mass is 9.94. The molecular formula is C28H36FN7O. The minimum atomic E-state index is -0.224. The fraction of sp³-hybridized carbons (Fsp3) is 0.536. The van der Waals surface area contributed by atoms with E-state index in [0.717, 1.165) is 97.9 Å². The molecule has 2 aliphatic heterocycles. The average molecular weight is 506 g/mol. The van der Waals surface area contributed by atoms with Crippen LogP contribution in [0, 0.1) is 25.6 Å². The van der Waals surface area contributed by atoms with Crippen molar-refractivity contribution in [3.05, 3.63) is 41.2 Å². The van der Waals surface area contributed by atoms with E-state index < -0.39 is 0 Å². The molecule has 0 unspecified atom stereocenters. The Balaban J connectivity index is 1.33. The Hall–Kier alpha value is -3.04. The fourth-order valence-corrected chi connectivity index (χ4v) is 6.06. The third-order valence-corrected chi connectivity index (χ3v) is 8.30. The second kappa shape index (κ2) is 9.68. The van der Waals surface area contributed by atoms with Gasteiger partial charge < -0.3 is 14.6 Å². The Kier molecular flexibility index (Phi) is 6.36. The molecule has 6 rings (SSSR count). The first kappa shape index (κ1) is 24.3. The molecule has 6 heterocycles. The smallest absolute Gasteiger partial charge is 0.175 e. The van der Waals surface area contributed by atoms with E-state index >= 15 is 4.39 Å². The van der Waals surface area contributed by atoms with Gasteiger partial charge in [0.25, 0.3) is 0 Å². The number of nitrogens with one attached hydrogen (secondary N) is 1. The lowest BCUT2D eigenvalue weighted by molar-refractivity contribution is 0.0517. The number of aryl methyl sites for hydroxylation is 1. The van der Waals surface area contributed by atoms with Crippen LogP contribution in [0.2, 0.25) is 0 Å². The number of hydrogen-bond acceptors (Lipinski definition) is 6. The van der Waals surface area contributed by atoms with Gasteiger partial charge in [-0.05, 0) is 55.2 Å². The van der Waals surface area contributed by atoms with E-state index in [0.29, 0.717) is 17.1 Å². The van der Waals surface area contributed by atoms with Crippen LogP contribution in [0.15, 0.2) is 18.7 Å². The molecule has 0 aromatic carbocycles. The second-order valence-corrected chi connectivity index (χ2v) is 10.9. The molecule has 1 N–H and O–H groups in total. The lowest BCUT2D eigenvalue weighted by Crippen LogP contribution is -2.48. The largest absolute Gasteiger partial charge is 0.381 e. The first-order valence-electron chi connectivity index (χ1n) is 13.5. The molecule has 8 nitrogen and oxygen atoms in total. The van der Waals surface area contributed by atoms with Crippen molar-refractivity contribution in [3.8, 4) is 11.3 Å².